The summed E-state index contributed by atoms with van der Waals surface area (Å²) in [6.45, 7) is 6.70. The minimum absolute atomic E-state index is 0.0255. The number of aromatic nitrogens is 2. The molecule has 1 aliphatic heterocycles. The fourth-order valence-corrected chi connectivity index (χ4v) is 4.66. The van der Waals surface area contributed by atoms with Crippen molar-refractivity contribution in [3.8, 4) is 23.0 Å². The molecule has 0 bridgehead atoms. The first-order chi connectivity index (χ1) is 18.3. The van der Waals surface area contributed by atoms with Crippen LogP contribution >= 0.6 is 27.5 Å². The molecule has 1 aromatic heterocycles. The molecule has 0 saturated carbocycles. The first-order valence-electron chi connectivity index (χ1n) is 12.1. The Hall–Kier alpha value is -3.56. The van der Waals surface area contributed by atoms with Crippen LogP contribution in [0.5, 0.6) is 23.0 Å². The third-order valence-corrected chi connectivity index (χ3v) is 6.60. The van der Waals surface area contributed by atoms with E-state index >= 15 is 0 Å². The zero-order valence-electron chi connectivity index (χ0n) is 21.0. The Morgan fingerprint density at radius 2 is 1.95 bits per heavy atom. The molecule has 4 aromatic rings. The van der Waals surface area contributed by atoms with E-state index in [4.69, 9.17) is 30.5 Å². The van der Waals surface area contributed by atoms with E-state index in [1.807, 2.05) is 51.1 Å². The predicted octanol–water partition coefficient (Wildman–Crippen LogP) is 6.52. The summed E-state index contributed by atoms with van der Waals surface area (Å²) >= 11 is 10.0. The van der Waals surface area contributed by atoms with E-state index in [-0.39, 0.29) is 24.9 Å². The lowest BCUT2D eigenvalue weighted by molar-refractivity contribution is 0.174. The standard InChI is InChI=1S/C28H25BrClN3O5/c1-4-35-25-11-18(9-21(30)26(25)36-14-17-5-8-23-24(10-17)38-15-37-23)13-31-33-27(16(2)3)32-22-7-6-19(29)12-20(22)28(33)34/h5-13,16H,4,14-15H2,1-3H3. The molecule has 0 spiro atoms. The molecule has 1 aliphatic rings. The van der Waals surface area contributed by atoms with E-state index in [2.05, 4.69) is 26.0 Å². The van der Waals surface area contributed by atoms with Gasteiger partial charge in [-0.25, -0.2) is 4.98 Å². The van der Waals surface area contributed by atoms with Crippen LogP contribution in [-0.2, 0) is 6.61 Å². The summed E-state index contributed by atoms with van der Waals surface area (Å²) in [5, 5.41) is 5.33. The van der Waals surface area contributed by atoms with Gasteiger partial charge in [-0.2, -0.15) is 9.78 Å². The molecule has 2 heterocycles. The quantitative estimate of drug-likeness (QED) is 0.215. The van der Waals surface area contributed by atoms with Crippen LogP contribution in [0.25, 0.3) is 10.9 Å². The first kappa shape index (κ1) is 26.1. The number of halogens is 2. The van der Waals surface area contributed by atoms with Crippen molar-refractivity contribution >= 4 is 44.6 Å². The molecule has 3 aromatic carbocycles. The highest BCUT2D eigenvalue weighted by atomic mass is 79.9. The number of fused-ring (bicyclic) bond motifs is 2. The van der Waals surface area contributed by atoms with E-state index < -0.39 is 0 Å². The summed E-state index contributed by atoms with van der Waals surface area (Å²) in [5.74, 6) is 2.81. The predicted molar refractivity (Wildman–Crippen MR) is 150 cm³/mol. The van der Waals surface area contributed by atoms with Crippen molar-refractivity contribution in [1.82, 2.24) is 9.66 Å². The van der Waals surface area contributed by atoms with Crippen molar-refractivity contribution in [2.24, 2.45) is 5.10 Å². The summed E-state index contributed by atoms with van der Waals surface area (Å²) < 4.78 is 24.8. The number of benzene rings is 3. The second-order valence-electron chi connectivity index (χ2n) is 8.89. The van der Waals surface area contributed by atoms with Gasteiger partial charge in [0.15, 0.2) is 23.0 Å². The van der Waals surface area contributed by atoms with Gasteiger partial charge >= 0.3 is 0 Å². The third kappa shape index (κ3) is 5.35. The Morgan fingerprint density at radius 3 is 2.74 bits per heavy atom. The molecule has 196 valence electrons. The molecule has 10 heteroatoms. The Labute approximate surface area is 232 Å². The second kappa shape index (κ2) is 11.0. The van der Waals surface area contributed by atoms with E-state index in [1.165, 1.54) is 4.68 Å². The van der Waals surface area contributed by atoms with Crippen molar-refractivity contribution in [3.05, 3.63) is 85.3 Å². The molecule has 0 unspecified atom stereocenters. The lowest BCUT2D eigenvalue weighted by Gasteiger charge is -2.15. The summed E-state index contributed by atoms with van der Waals surface area (Å²) in [6, 6.07) is 14.5. The van der Waals surface area contributed by atoms with Crippen LogP contribution in [-0.4, -0.2) is 29.3 Å². The third-order valence-electron chi connectivity index (χ3n) is 5.82. The monoisotopic (exact) mass is 597 g/mol. The van der Waals surface area contributed by atoms with Gasteiger partial charge in [-0.1, -0.05) is 47.4 Å². The maximum atomic E-state index is 13.3. The van der Waals surface area contributed by atoms with Crippen LogP contribution in [0.4, 0.5) is 0 Å². The highest BCUT2D eigenvalue weighted by Gasteiger charge is 2.17. The number of hydrogen-bond donors (Lipinski definition) is 0. The lowest BCUT2D eigenvalue weighted by atomic mass is 10.2. The van der Waals surface area contributed by atoms with Crippen molar-refractivity contribution in [1.29, 1.82) is 0 Å². The highest BCUT2D eigenvalue weighted by Crippen LogP contribution is 2.38. The molecule has 0 atom stereocenters. The van der Waals surface area contributed by atoms with Crippen LogP contribution < -0.4 is 24.5 Å². The molecule has 0 aliphatic carbocycles. The van der Waals surface area contributed by atoms with Crippen LogP contribution in [0, 0.1) is 0 Å². The van der Waals surface area contributed by atoms with Gasteiger partial charge in [0.25, 0.3) is 5.56 Å². The summed E-state index contributed by atoms with van der Waals surface area (Å²) in [4.78, 5) is 18.0. The van der Waals surface area contributed by atoms with Crippen molar-refractivity contribution < 1.29 is 18.9 Å². The van der Waals surface area contributed by atoms with Gasteiger partial charge in [-0.05, 0) is 60.5 Å². The van der Waals surface area contributed by atoms with Crippen LogP contribution in [0.15, 0.2) is 62.9 Å². The number of rotatable bonds is 8. The van der Waals surface area contributed by atoms with Gasteiger partial charge in [0.2, 0.25) is 6.79 Å². The zero-order valence-corrected chi connectivity index (χ0v) is 23.4. The molecule has 0 radical (unpaired) electrons. The van der Waals surface area contributed by atoms with Crippen molar-refractivity contribution in [2.45, 2.75) is 33.3 Å². The number of hydrogen-bond acceptors (Lipinski definition) is 7. The fraction of sp³-hybridized carbons (Fsp3) is 0.250. The van der Waals surface area contributed by atoms with Crippen LogP contribution in [0.1, 0.15) is 43.6 Å². The average Bonchev–Trinajstić information content (AvgIpc) is 3.36. The molecule has 38 heavy (non-hydrogen) atoms. The Kier molecular flexibility index (Phi) is 7.58. The molecular formula is C28H25BrClN3O5. The maximum Gasteiger partial charge on any atom is 0.282 e. The average molecular weight is 599 g/mol. The number of nitrogens with zero attached hydrogens (tertiary/aromatic N) is 3. The smallest absolute Gasteiger partial charge is 0.282 e. The minimum atomic E-state index is -0.254. The molecule has 0 saturated heterocycles. The van der Waals surface area contributed by atoms with Gasteiger partial charge in [0.05, 0.1) is 28.7 Å². The normalized spacial score (nSPS) is 12.6. The van der Waals surface area contributed by atoms with E-state index in [0.717, 1.165) is 10.0 Å². The molecule has 8 nitrogen and oxygen atoms in total. The topological polar surface area (TPSA) is 84.2 Å². The maximum absolute atomic E-state index is 13.3. The SMILES string of the molecule is CCOc1cc(C=Nn2c(C(C)C)nc3ccc(Br)cc3c2=O)cc(Cl)c1OCc1ccc2c(c1)OCO2. The van der Waals surface area contributed by atoms with Gasteiger partial charge in [0.1, 0.15) is 12.4 Å². The van der Waals surface area contributed by atoms with E-state index in [0.29, 0.717) is 56.9 Å². The second-order valence-corrected chi connectivity index (χ2v) is 10.2. The Bertz CT molecular complexity index is 1600. The largest absolute Gasteiger partial charge is 0.490 e. The first-order valence-corrected chi connectivity index (χ1v) is 13.3. The fourth-order valence-electron chi connectivity index (χ4n) is 4.03. The Balaban J connectivity index is 1.46. The van der Waals surface area contributed by atoms with Crippen molar-refractivity contribution in [3.63, 3.8) is 0 Å². The van der Waals surface area contributed by atoms with Gasteiger partial charge in [-0.15, -0.1) is 0 Å². The lowest BCUT2D eigenvalue weighted by Crippen LogP contribution is -2.23. The van der Waals surface area contributed by atoms with E-state index in [1.54, 1.807) is 24.4 Å². The van der Waals surface area contributed by atoms with E-state index in [9.17, 15) is 4.79 Å². The van der Waals surface area contributed by atoms with Crippen LogP contribution in [0.3, 0.4) is 0 Å². The summed E-state index contributed by atoms with van der Waals surface area (Å²) in [6.07, 6.45) is 1.56. The molecule has 0 amide bonds. The van der Waals surface area contributed by atoms with Crippen LogP contribution in [0.2, 0.25) is 5.02 Å². The molecular weight excluding hydrogens is 574 g/mol. The molecule has 0 N–H and O–H groups in total. The summed E-state index contributed by atoms with van der Waals surface area (Å²) in [7, 11) is 0. The van der Waals surface area contributed by atoms with Gasteiger partial charge in [-0.3, -0.25) is 4.79 Å². The minimum Gasteiger partial charge on any atom is -0.490 e. The zero-order chi connectivity index (χ0) is 26.8. The van der Waals surface area contributed by atoms with Gasteiger partial charge in [0, 0.05) is 10.4 Å². The highest BCUT2D eigenvalue weighted by molar-refractivity contribution is 9.10. The van der Waals surface area contributed by atoms with Gasteiger partial charge < -0.3 is 18.9 Å². The van der Waals surface area contributed by atoms with Crippen molar-refractivity contribution in [2.75, 3.05) is 13.4 Å². The summed E-state index contributed by atoms with van der Waals surface area (Å²) in [5.41, 5.74) is 1.91. The number of ether oxygens (including phenoxy) is 4. The molecule has 5 rings (SSSR count). The molecule has 0 fully saturated rings. The Morgan fingerprint density at radius 1 is 1.13 bits per heavy atom.